The molecule has 0 aromatic heterocycles. The average Bonchev–Trinajstić information content (AvgIpc) is 2.52. The van der Waals surface area contributed by atoms with E-state index in [1.165, 1.54) is 83.5 Å². The summed E-state index contributed by atoms with van der Waals surface area (Å²) in [5, 5.41) is 0. The predicted molar refractivity (Wildman–Crippen MR) is 99.7 cm³/mol. The molecular formula is C19H39NaO4S. The smallest absolute Gasteiger partial charge is 0.726 e. The molecule has 0 spiro atoms. The molecule has 0 aliphatic heterocycles. The van der Waals surface area contributed by atoms with Gasteiger partial charge in [-0.3, -0.25) is 4.18 Å². The van der Waals surface area contributed by atoms with E-state index in [0.717, 1.165) is 12.8 Å². The first-order valence-electron chi connectivity index (χ1n) is 10.1. The second kappa shape index (κ2) is 19.6. The molecule has 0 aromatic carbocycles. The van der Waals surface area contributed by atoms with Crippen LogP contribution in [-0.2, 0) is 14.6 Å². The Morgan fingerprint density at radius 1 is 0.760 bits per heavy atom. The molecule has 0 rings (SSSR count). The van der Waals surface area contributed by atoms with E-state index in [2.05, 4.69) is 11.1 Å². The van der Waals surface area contributed by atoms with Crippen molar-refractivity contribution in [3.63, 3.8) is 0 Å². The summed E-state index contributed by atoms with van der Waals surface area (Å²) < 4.78 is 35.4. The van der Waals surface area contributed by atoms with Crippen LogP contribution in [0.2, 0.25) is 0 Å². The standard InChI is InChI=1S/C19H40O4S.Na/c1-3-4-5-6-7-8-9-10-11-12-13-14-15-16-17-19(2)18-23-24(20,21)22;/h19H,3-18H2,1-2H3,(H,20,21,22);/q;+1/p-1. The third kappa shape index (κ3) is 24.9. The van der Waals surface area contributed by atoms with Crippen LogP contribution in [0, 0.1) is 5.92 Å². The van der Waals surface area contributed by atoms with Gasteiger partial charge in [0.2, 0.25) is 10.4 Å². The first kappa shape index (κ1) is 28.1. The zero-order chi connectivity index (χ0) is 18.1. The molecule has 0 N–H and O–H groups in total. The van der Waals surface area contributed by atoms with Crippen LogP contribution in [0.5, 0.6) is 0 Å². The molecular weight excluding hydrogens is 347 g/mol. The number of rotatable bonds is 18. The second-order valence-electron chi connectivity index (χ2n) is 7.18. The molecule has 4 nitrogen and oxygen atoms in total. The predicted octanol–water partition coefficient (Wildman–Crippen LogP) is 2.97. The van der Waals surface area contributed by atoms with E-state index in [9.17, 15) is 13.0 Å². The molecule has 6 heteroatoms. The summed E-state index contributed by atoms with van der Waals surface area (Å²) >= 11 is 0. The van der Waals surface area contributed by atoms with Crippen LogP contribution < -0.4 is 29.6 Å². The molecule has 0 amide bonds. The third-order valence-electron chi connectivity index (χ3n) is 4.55. The Balaban J connectivity index is 0. The summed E-state index contributed by atoms with van der Waals surface area (Å²) in [6.07, 6.45) is 19.6. The summed E-state index contributed by atoms with van der Waals surface area (Å²) in [7, 11) is -4.53. The largest absolute Gasteiger partial charge is 1.00 e. The molecule has 0 saturated heterocycles. The van der Waals surface area contributed by atoms with Crippen LogP contribution in [0.4, 0.5) is 0 Å². The molecule has 0 saturated carbocycles. The number of hydrogen-bond donors (Lipinski definition) is 0. The fraction of sp³-hybridized carbons (Fsp3) is 1.00. The molecule has 1 atom stereocenters. The summed E-state index contributed by atoms with van der Waals surface area (Å²) in [6, 6.07) is 0. The van der Waals surface area contributed by atoms with Gasteiger partial charge in [-0.05, 0) is 12.3 Å². The molecule has 25 heavy (non-hydrogen) atoms. The van der Waals surface area contributed by atoms with Gasteiger partial charge in [-0.1, -0.05) is 104 Å². The van der Waals surface area contributed by atoms with Gasteiger partial charge in [0.15, 0.2) is 0 Å². The van der Waals surface area contributed by atoms with Crippen LogP contribution in [0.15, 0.2) is 0 Å². The summed E-state index contributed by atoms with van der Waals surface area (Å²) in [6.45, 7) is 4.20. The van der Waals surface area contributed by atoms with Gasteiger partial charge in [0.1, 0.15) is 0 Å². The minimum Gasteiger partial charge on any atom is -0.726 e. The Hall–Kier alpha value is 0.870. The Labute approximate surface area is 179 Å². The van der Waals surface area contributed by atoms with Crippen molar-refractivity contribution in [3.8, 4) is 0 Å². The monoisotopic (exact) mass is 386 g/mol. The Morgan fingerprint density at radius 2 is 1.12 bits per heavy atom. The first-order valence-corrected chi connectivity index (χ1v) is 11.4. The molecule has 146 valence electrons. The summed E-state index contributed by atoms with van der Waals surface area (Å²) in [4.78, 5) is 0. The third-order valence-corrected chi connectivity index (χ3v) is 4.97. The van der Waals surface area contributed by atoms with Crippen molar-refractivity contribution in [3.05, 3.63) is 0 Å². The fourth-order valence-corrected chi connectivity index (χ4v) is 3.37. The van der Waals surface area contributed by atoms with Gasteiger partial charge >= 0.3 is 29.6 Å². The molecule has 0 heterocycles. The van der Waals surface area contributed by atoms with E-state index in [1.54, 1.807) is 0 Å². The van der Waals surface area contributed by atoms with Gasteiger partial charge < -0.3 is 4.55 Å². The maximum absolute atomic E-state index is 10.4. The van der Waals surface area contributed by atoms with Crippen LogP contribution in [0.25, 0.3) is 0 Å². The minimum absolute atomic E-state index is 0. The number of unbranched alkanes of at least 4 members (excludes halogenated alkanes) is 13. The van der Waals surface area contributed by atoms with Gasteiger partial charge in [0.25, 0.3) is 0 Å². The van der Waals surface area contributed by atoms with E-state index in [-0.39, 0.29) is 42.1 Å². The normalized spacial score (nSPS) is 12.8. The van der Waals surface area contributed by atoms with Crippen molar-refractivity contribution in [1.82, 2.24) is 0 Å². The van der Waals surface area contributed by atoms with Crippen molar-refractivity contribution in [2.75, 3.05) is 6.61 Å². The SMILES string of the molecule is CCCCCCCCCCCCCCCCC(C)COS(=O)(=O)[O-].[Na+]. The summed E-state index contributed by atoms with van der Waals surface area (Å²) in [5.41, 5.74) is 0. The zero-order valence-corrected chi connectivity index (χ0v) is 19.7. The van der Waals surface area contributed by atoms with E-state index in [1.807, 2.05) is 6.92 Å². The van der Waals surface area contributed by atoms with E-state index >= 15 is 0 Å². The van der Waals surface area contributed by atoms with E-state index in [4.69, 9.17) is 0 Å². The van der Waals surface area contributed by atoms with Crippen molar-refractivity contribution in [1.29, 1.82) is 0 Å². The zero-order valence-electron chi connectivity index (χ0n) is 16.9. The van der Waals surface area contributed by atoms with E-state index < -0.39 is 10.4 Å². The second-order valence-corrected chi connectivity index (χ2v) is 8.24. The minimum atomic E-state index is -4.53. The maximum atomic E-state index is 10.4. The van der Waals surface area contributed by atoms with E-state index in [0.29, 0.717) is 0 Å². The fourth-order valence-electron chi connectivity index (χ4n) is 2.97. The van der Waals surface area contributed by atoms with Crippen LogP contribution in [0.1, 0.15) is 110 Å². The quantitative estimate of drug-likeness (QED) is 0.157. The Kier molecular flexibility index (Phi) is 22.0. The van der Waals surface area contributed by atoms with Crippen molar-refractivity contribution < 1.29 is 46.7 Å². The molecule has 0 aliphatic rings. The van der Waals surface area contributed by atoms with Crippen molar-refractivity contribution in [2.45, 2.75) is 110 Å². The van der Waals surface area contributed by atoms with Gasteiger partial charge in [-0.15, -0.1) is 0 Å². The van der Waals surface area contributed by atoms with Gasteiger partial charge in [-0.25, -0.2) is 8.42 Å². The molecule has 0 bridgehead atoms. The molecule has 1 unspecified atom stereocenters. The van der Waals surface area contributed by atoms with Crippen LogP contribution in [0.3, 0.4) is 0 Å². The first-order chi connectivity index (χ1) is 11.5. The molecule has 0 aliphatic carbocycles. The van der Waals surface area contributed by atoms with Gasteiger partial charge in [0, 0.05) is 0 Å². The van der Waals surface area contributed by atoms with Gasteiger partial charge in [0.05, 0.1) is 6.61 Å². The average molecular weight is 387 g/mol. The van der Waals surface area contributed by atoms with Gasteiger partial charge in [-0.2, -0.15) is 0 Å². The number of hydrogen-bond acceptors (Lipinski definition) is 4. The molecule has 0 aromatic rings. The van der Waals surface area contributed by atoms with Crippen molar-refractivity contribution in [2.24, 2.45) is 5.92 Å². The Bertz CT molecular complexity index is 360. The topological polar surface area (TPSA) is 66.4 Å². The Morgan fingerprint density at radius 3 is 1.48 bits per heavy atom. The molecule has 0 fully saturated rings. The molecule has 0 radical (unpaired) electrons. The van der Waals surface area contributed by atoms with Crippen LogP contribution in [-0.4, -0.2) is 19.6 Å². The van der Waals surface area contributed by atoms with Crippen molar-refractivity contribution >= 4 is 10.4 Å². The van der Waals surface area contributed by atoms with Crippen LogP contribution >= 0.6 is 0 Å². The maximum Gasteiger partial charge on any atom is 1.00 e. The summed E-state index contributed by atoms with van der Waals surface area (Å²) in [5.74, 6) is 0.131.